The Balaban J connectivity index is 1.77. The third kappa shape index (κ3) is 4.95. The molecule has 1 aliphatic carbocycles. The van der Waals surface area contributed by atoms with E-state index in [1.807, 2.05) is 0 Å². The molecule has 3 nitrogen and oxygen atoms in total. The van der Waals surface area contributed by atoms with Crippen molar-refractivity contribution in [3.8, 4) is 0 Å². The van der Waals surface area contributed by atoms with Crippen molar-refractivity contribution in [3.63, 3.8) is 0 Å². The van der Waals surface area contributed by atoms with E-state index in [2.05, 4.69) is 65.6 Å². The van der Waals surface area contributed by atoms with Gasteiger partial charge in [0.1, 0.15) is 0 Å². The molecule has 0 N–H and O–H groups in total. The number of rotatable bonds is 7. The van der Waals surface area contributed by atoms with Crippen molar-refractivity contribution < 1.29 is 9.53 Å². The Labute approximate surface area is 157 Å². The normalized spacial score (nSPS) is 20.1. The molecule has 0 bridgehead atoms. The zero-order valence-electron chi connectivity index (χ0n) is 15.6. The van der Waals surface area contributed by atoms with Gasteiger partial charge in [-0.1, -0.05) is 73.5 Å². The second-order valence-corrected chi connectivity index (χ2v) is 7.17. The van der Waals surface area contributed by atoms with Gasteiger partial charge in [-0.25, -0.2) is 0 Å². The van der Waals surface area contributed by atoms with E-state index >= 15 is 0 Å². The van der Waals surface area contributed by atoms with E-state index in [1.54, 1.807) is 0 Å². The Kier molecular flexibility index (Phi) is 6.84. The van der Waals surface area contributed by atoms with Crippen molar-refractivity contribution in [2.24, 2.45) is 5.92 Å². The highest BCUT2D eigenvalue weighted by atomic mass is 16.5. The summed E-state index contributed by atoms with van der Waals surface area (Å²) in [5, 5.41) is 0. The highest BCUT2D eigenvalue weighted by molar-refractivity contribution is 5.73. The molecule has 2 aromatic rings. The predicted octanol–water partition coefficient (Wildman–Crippen LogP) is 4.46. The van der Waals surface area contributed by atoms with Gasteiger partial charge >= 0.3 is 5.97 Å². The summed E-state index contributed by atoms with van der Waals surface area (Å²) in [6.07, 6.45) is 5.32. The number of methoxy groups -OCH3 is 1. The van der Waals surface area contributed by atoms with Crippen LogP contribution in [0.2, 0.25) is 0 Å². The first kappa shape index (κ1) is 18.7. The first-order chi connectivity index (χ1) is 12.8. The van der Waals surface area contributed by atoms with E-state index in [0.29, 0.717) is 0 Å². The summed E-state index contributed by atoms with van der Waals surface area (Å²) in [6.45, 7) is 1.84. The van der Waals surface area contributed by atoms with Gasteiger partial charge < -0.3 is 4.74 Å². The summed E-state index contributed by atoms with van der Waals surface area (Å²) in [5.41, 5.74) is 2.64. The van der Waals surface area contributed by atoms with Crippen LogP contribution >= 0.6 is 0 Å². The summed E-state index contributed by atoms with van der Waals surface area (Å²) in [6, 6.07) is 21.4. The molecular weight excluding hydrogens is 322 g/mol. The summed E-state index contributed by atoms with van der Waals surface area (Å²) in [5.74, 6) is -0.0549. The van der Waals surface area contributed by atoms with Gasteiger partial charge in [0.2, 0.25) is 0 Å². The number of ether oxygens (including phenoxy) is 1. The highest BCUT2D eigenvalue weighted by Gasteiger charge is 2.35. The van der Waals surface area contributed by atoms with Crippen LogP contribution in [-0.4, -0.2) is 30.6 Å². The van der Waals surface area contributed by atoms with Gasteiger partial charge in [-0.2, -0.15) is 0 Å². The monoisotopic (exact) mass is 351 g/mol. The molecule has 3 heteroatoms. The molecule has 1 aliphatic rings. The molecule has 0 aromatic heterocycles. The van der Waals surface area contributed by atoms with Crippen molar-refractivity contribution in [1.82, 2.24) is 4.90 Å². The van der Waals surface area contributed by atoms with E-state index < -0.39 is 0 Å². The molecule has 0 heterocycles. The maximum Gasteiger partial charge on any atom is 0.310 e. The minimum atomic E-state index is -0.0486. The van der Waals surface area contributed by atoms with E-state index in [1.165, 1.54) is 24.7 Å². The Morgan fingerprint density at radius 1 is 0.962 bits per heavy atom. The van der Waals surface area contributed by atoms with Crippen LogP contribution in [0.1, 0.15) is 36.8 Å². The lowest BCUT2D eigenvalue weighted by Gasteiger charge is -2.39. The molecule has 1 saturated carbocycles. The maximum atomic E-state index is 12.4. The zero-order chi connectivity index (χ0) is 18.2. The molecule has 0 unspecified atom stereocenters. The van der Waals surface area contributed by atoms with E-state index in [0.717, 1.165) is 38.8 Å². The van der Waals surface area contributed by atoms with Crippen LogP contribution in [0.3, 0.4) is 0 Å². The molecule has 26 heavy (non-hydrogen) atoms. The number of hydrogen-bond donors (Lipinski definition) is 0. The Morgan fingerprint density at radius 3 is 2.23 bits per heavy atom. The van der Waals surface area contributed by atoms with E-state index in [9.17, 15) is 4.79 Å². The van der Waals surface area contributed by atoms with Crippen molar-refractivity contribution in [2.75, 3.05) is 13.7 Å². The van der Waals surface area contributed by atoms with Gasteiger partial charge in [-0.15, -0.1) is 0 Å². The van der Waals surface area contributed by atoms with Crippen LogP contribution in [0.25, 0.3) is 0 Å². The van der Waals surface area contributed by atoms with Crippen molar-refractivity contribution >= 4 is 5.97 Å². The van der Waals surface area contributed by atoms with E-state index in [4.69, 9.17) is 4.74 Å². The first-order valence-corrected chi connectivity index (χ1v) is 9.67. The fraction of sp³-hybridized carbons (Fsp3) is 0.435. The predicted molar refractivity (Wildman–Crippen MR) is 105 cm³/mol. The molecule has 2 aromatic carbocycles. The van der Waals surface area contributed by atoms with Gasteiger partial charge in [-0.3, -0.25) is 9.69 Å². The van der Waals surface area contributed by atoms with Gasteiger partial charge in [0.05, 0.1) is 13.0 Å². The molecule has 3 rings (SSSR count). The van der Waals surface area contributed by atoms with E-state index in [-0.39, 0.29) is 17.9 Å². The highest BCUT2D eigenvalue weighted by Crippen LogP contribution is 2.30. The van der Waals surface area contributed by atoms with Crippen LogP contribution < -0.4 is 0 Å². The molecule has 0 saturated heterocycles. The smallest absolute Gasteiger partial charge is 0.310 e. The average molecular weight is 351 g/mol. The number of esters is 1. The lowest BCUT2D eigenvalue weighted by molar-refractivity contribution is -0.149. The van der Waals surface area contributed by atoms with Crippen molar-refractivity contribution in [1.29, 1.82) is 0 Å². The van der Waals surface area contributed by atoms with Crippen LogP contribution in [0, 0.1) is 5.92 Å². The Bertz CT molecular complexity index is 671. The van der Waals surface area contributed by atoms with Crippen molar-refractivity contribution in [2.45, 2.75) is 44.7 Å². The minimum Gasteiger partial charge on any atom is -0.469 e. The van der Waals surface area contributed by atoms with Crippen LogP contribution in [0.15, 0.2) is 60.7 Å². The number of benzene rings is 2. The summed E-state index contributed by atoms with van der Waals surface area (Å²) < 4.78 is 5.12. The minimum absolute atomic E-state index is 0.00626. The molecule has 0 spiro atoms. The summed E-state index contributed by atoms with van der Waals surface area (Å²) >= 11 is 0. The fourth-order valence-corrected chi connectivity index (χ4v) is 4.07. The van der Waals surface area contributed by atoms with Crippen molar-refractivity contribution in [3.05, 3.63) is 71.8 Å². The second-order valence-electron chi connectivity index (χ2n) is 7.17. The third-order valence-electron chi connectivity index (χ3n) is 5.46. The third-order valence-corrected chi connectivity index (χ3v) is 5.46. The van der Waals surface area contributed by atoms with Gasteiger partial charge in [0.15, 0.2) is 0 Å². The molecule has 2 atom stereocenters. The average Bonchev–Trinajstić information content (AvgIpc) is 2.72. The van der Waals surface area contributed by atoms with Crippen LogP contribution in [0.5, 0.6) is 0 Å². The molecule has 0 aliphatic heterocycles. The fourth-order valence-electron chi connectivity index (χ4n) is 4.07. The first-order valence-electron chi connectivity index (χ1n) is 9.67. The molecule has 1 fully saturated rings. The summed E-state index contributed by atoms with van der Waals surface area (Å²) in [4.78, 5) is 14.9. The van der Waals surface area contributed by atoms with Gasteiger partial charge in [-0.05, 0) is 30.4 Å². The Hall–Kier alpha value is -2.13. The zero-order valence-corrected chi connectivity index (χ0v) is 15.6. The molecular formula is C23H29NO2. The van der Waals surface area contributed by atoms with Crippen LogP contribution in [0.4, 0.5) is 0 Å². The van der Waals surface area contributed by atoms with Gasteiger partial charge in [0, 0.05) is 19.1 Å². The maximum absolute atomic E-state index is 12.4. The SMILES string of the molecule is COC(=O)[C@@H]1CCCC[C@H]1N(CCc1ccccc1)Cc1ccccc1. The lowest BCUT2D eigenvalue weighted by atomic mass is 9.83. The molecule has 0 radical (unpaired) electrons. The lowest BCUT2D eigenvalue weighted by Crippen LogP contribution is -2.46. The number of hydrogen-bond acceptors (Lipinski definition) is 3. The molecule has 138 valence electrons. The second kappa shape index (κ2) is 9.54. The summed E-state index contributed by atoms with van der Waals surface area (Å²) in [7, 11) is 1.51. The van der Waals surface area contributed by atoms with Crippen LogP contribution in [-0.2, 0) is 22.5 Å². The topological polar surface area (TPSA) is 29.5 Å². The Morgan fingerprint density at radius 2 is 1.58 bits per heavy atom. The quantitative estimate of drug-likeness (QED) is 0.690. The number of carbonyl (C=O) groups is 1. The largest absolute Gasteiger partial charge is 0.469 e. The number of nitrogens with zero attached hydrogens (tertiary/aromatic N) is 1. The number of carbonyl (C=O) groups excluding carboxylic acids is 1. The van der Waals surface area contributed by atoms with Gasteiger partial charge in [0.25, 0.3) is 0 Å². The standard InChI is InChI=1S/C23H29NO2/c1-26-23(25)21-14-8-9-15-22(21)24(18-20-12-6-3-7-13-20)17-16-19-10-4-2-5-11-19/h2-7,10-13,21-22H,8-9,14-18H2,1H3/t21-,22-/m1/s1. The molecule has 0 amide bonds.